The molecule has 1 aromatic heterocycles. The number of hydrogen-bond acceptors (Lipinski definition) is 3. The highest BCUT2D eigenvalue weighted by molar-refractivity contribution is 5.76. The van der Waals surface area contributed by atoms with E-state index < -0.39 is 0 Å². The third-order valence-electron chi connectivity index (χ3n) is 4.75. The fraction of sp³-hybridized carbons (Fsp3) is 0.750. The number of aliphatic hydroxyl groups excluding tert-OH is 1. The molecule has 1 aliphatic carbocycles. The highest BCUT2D eigenvalue weighted by Gasteiger charge is 2.25. The SMILES string of the molecule is Cc1nn(C)c(C)c1CCC(=O)NC1CCCCC1CO. The fourth-order valence-corrected chi connectivity index (χ4v) is 3.31. The van der Waals surface area contributed by atoms with Gasteiger partial charge in [-0.3, -0.25) is 9.48 Å². The number of aromatic nitrogens is 2. The summed E-state index contributed by atoms with van der Waals surface area (Å²) in [4.78, 5) is 12.2. The van der Waals surface area contributed by atoms with Crippen LogP contribution in [0.2, 0.25) is 0 Å². The van der Waals surface area contributed by atoms with Crippen LogP contribution in [0.4, 0.5) is 0 Å². The molecule has 1 saturated carbocycles. The lowest BCUT2D eigenvalue weighted by molar-refractivity contribution is -0.122. The predicted octanol–water partition coefficient (Wildman–Crippen LogP) is 1.64. The van der Waals surface area contributed by atoms with Crippen molar-refractivity contribution >= 4 is 5.91 Å². The van der Waals surface area contributed by atoms with Crippen LogP contribution >= 0.6 is 0 Å². The molecule has 0 bridgehead atoms. The van der Waals surface area contributed by atoms with Crippen LogP contribution in [0.1, 0.15) is 49.1 Å². The van der Waals surface area contributed by atoms with Gasteiger partial charge in [0.2, 0.25) is 5.91 Å². The topological polar surface area (TPSA) is 67.2 Å². The van der Waals surface area contributed by atoms with Crippen molar-refractivity contribution < 1.29 is 9.90 Å². The number of hydrogen-bond donors (Lipinski definition) is 2. The van der Waals surface area contributed by atoms with Crippen molar-refractivity contribution in [1.29, 1.82) is 0 Å². The van der Waals surface area contributed by atoms with Crippen molar-refractivity contribution in [2.75, 3.05) is 6.61 Å². The van der Waals surface area contributed by atoms with Crippen LogP contribution in [-0.4, -0.2) is 33.4 Å². The molecule has 1 amide bonds. The first-order valence-corrected chi connectivity index (χ1v) is 7.92. The molecular formula is C16H27N3O2. The van der Waals surface area contributed by atoms with Crippen molar-refractivity contribution in [2.45, 2.75) is 58.4 Å². The molecule has 2 rings (SSSR count). The molecule has 0 spiro atoms. The second kappa shape index (κ2) is 7.07. The molecule has 1 fully saturated rings. The Morgan fingerprint density at radius 3 is 2.71 bits per heavy atom. The van der Waals surface area contributed by atoms with Crippen molar-refractivity contribution in [2.24, 2.45) is 13.0 Å². The molecule has 2 atom stereocenters. The van der Waals surface area contributed by atoms with Crippen LogP contribution in [0.3, 0.4) is 0 Å². The highest BCUT2D eigenvalue weighted by atomic mass is 16.3. The van der Waals surface area contributed by atoms with Gasteiger partial charge < -0.3 is 10.4 Å². The zero-order valence-corrected chi connectivity index (χ0v) is 13.4. The van der Waals surface area contributed by atoms with Gasteiger partial charge in [0.15, 0.2) is 0 Å². The molecular weight excluding hydrogens is 266 g/mol. The summed E-state index contributed by atoms with van der Waals surface area (Å²) >= 11 is 0. The number of aliphatic hydroxyl groups is 1. The van der Waals surface area contributed by atoms with Crippen LogP contribution in [-0.2, 0) is 18.3 Å². The van der Waals surface area contributed by atoms with E-state index in [1.807, 2.05) is 25.6 Å². The van der Waals surface area contributed by atoms with Gasteiger partial charge in [0, 0.05) is 37.7 Å². The van der Waals surface area contributed by atoms with Gasteiger partial charge in [-0.15, -0.1) is 0 Å². The van der Waals surface area contributed by atoms with Crippen LogP contribution in [0.25, 0.3) is 0 Å². The number of carbonyl (C=O) groups is 1. The minimum absolute atomic E-state index is 0.0861. The van der Waals surface area contributed by atoms with Crippen LogP contribution in [0.15, 0.2) is 0 Å². The van der Waals surface area contributed by atoms with Gasteiger partial charge in [0.25, 0.3) is 0 Å². The van der Waals surface area contributed by atoms with Crippen molar-refractivity contribution in [1.82, 2.24) is 15.1 Å². The minimum atomic E-state index is 0.0861. The molecule has 21 heavy (non-hydrogen) atoms. The van der Waals surface area contributed by atoms with E-state index in [9.17, 15) is 9.90 Å². The summed E-state index contributed by atoms with van der Waals surface area (Å²) in [5.74, 6) is 0.313. The van der Waals surface area contributed by atoms with Crippen molar-refractivity contribution in [3.8, 4) is 0 Å². The van der Waals surface area contributed by atoms with E-state index in [0.717, 1.165) is 43.5 Å². The molecule has 2 unspecified atom stereocenters. The van der Waals surface area contributed by atoms with E-state index >= 15 is 0 Å². The largest absolute Gasteiger partial charge is 0.396 e. The standard InChI is InChI=1S/C16H27N3O2/c1-11-14(12(2)19(3)18-11)8-9-16(21)17-15-7-5-4-6-13(15)10-20/h13,15,20H,4-10H2,1-3H3,(H,17,21). The quantitative estimate of drug-likeness (QED) is 0.867. The van der Waals surface area contributed by atoms with Gasteiger partial charge in [0.05, 0.1) is 5.69 Å². The molecule has 0 aliphatic heterocycles. The Kier molecular flexibility index (Phi) is 5.39. The van der Waals surface area contributed by atoms with Crippen LogP contribution in [0.5, 0.6) is 0 Å². The van der Waals surface area contributed by atoms with Gasteiger partial charge >= 0.3 is 0 Å². The third-order valence-corrected chi connectivity index (χ3v) is 4.75. The second-order valence-electron chi connectivity index (χ2n) is 6.17. The summed E-state index contributed by atoms with van der Waals surface area (Å²) in [6.45, 7) is 4.20. The van der Waals surface area contributed by atoms with Gasteiger partial charge in [-0.25, -0.2) is 0 Å². The van der Waals surface area contributed by atoms with Gasteiger partial charge in [-0.1, -0.05) is 12.8 Å². The van der Waals surface area contributed by atoms with Gasteiger partial charge in [0.1, 0.15) is 0 Å². The summed E-state index contributed by atoms with van der Waals surface area (Å²) in [6, 6.07) is 0.146. The number of rotatable bonds is 5. The average molecular weight is 293 g/mol. The molecule has 1 aromatic rings. The summed E-state index contributed by atoms with van der Waals surface area (Å²) in [6.07, 6.45) is 5.52. The smallest absolute Gasteiger partial charge is 0.220 e. The Balaban J connectivity index is 1.87. The average Bonchev–Trinajstić information content (AvgIpc) is 2.71. The first kappa shape index (κ1) is 16.0. The first-order valence-electron chi connectivity index (χ1n) is 7.92. The molecule has 1 heterocycles. The maximum Gasteiger partial charge on any atom is 0.220 e. The van der Waals surface area contributed by atoms with Crippen LogP contribution < -0.4 is 5.32 Å². The van der Waals surface area contributed by atoms with E-state index in [2.05, 4.69) is 10.4 Å². The molecule has 1 aliphatic rings. The van der Waals surface area contributed by atoms with E-state index in [-0.39, 0.29) is 24.5 Å². The Morgan fingerprint density at radius 2 is 2.10 bits per heavy atom. The van der Waals surface area contributed by atoms with Gasteiger partial charge in [-0.2, -0.15) is 5.10 Å². The monoisotopic (exact) mass is 293 g/mol. The zero-order valence-electron chi connectivity index (χ0n) is 13.4. The Labute approximate surface area is 126 Å². The molecule has 0 saturated heterocycles. The van der Waals surface area contributed by atoms with Crippen molar-refractivity contribution in [3.05, 3.63) is 17.0 Å². The lowest BCUT2D eigenvalue weighted by atomic mass is 9.85. The number of nitrogens with zero attached hydrogens (tertiary/aromatic N) is 2. The Bertz CT molecular complexity index is 496. The minimum Gasteiger partial charge on any atom is -0.396 e. The first-order chi connectivity index (χ1) is 10.0. The number of carbonyl (C=O) groups excluding carboxylic acids is 1. The van der Waals surface area contributed by atoms with E-state index in [4.69, 9.17) is 0 Å². The summed E-state index contributed by atoms with van der Waals surface area (Å²) in [5.41, 5.74) is 3.31. The Morgan fingerprint density at radius 1 is 1.38 bits per heavy atom. The lowest BCUT2D eigenvalue weighted by Gasteiger charge is -2.30. The van der Waals surface area contributed by atoms with Crippen molar-refractivity contribution in [3.63, 3.8) is 0 Å². The number of aryl methyl sites for hydroxylation is 2. The molecule has 5 nitrogen and oxygen atoms in total. The maximum atomic E-state index is 12.2. The van der Waals surface area contributed by atoms with E-state index in [1.54, 1.807) is 0 Å². The van der Waals surface area contributed by atoms with Crippen LogP contribution in [0, 0.1) is 19.8 Å². The summed E-state index contributed by atoms with van der Waals surface area (Å²) in [7, 11) is 1.93. The Hall–Kier alpha value is -1.36. The normalized spacial score (nSPS) is 22.3. The van der Waals surface area contributed by atoms with E-state index in [0.29, 0.717) is 6.42 Å². The molecule has 2 N–H and O–H groups in total. The second-order valence-corrected chi connectivity index (χ2v) is 6.17. The molecule has 118 valence electrons. The summed E-state index contributed by atoms with van der Waals surface area (Å²) < 4.78 is 1.87. The maximum absolute atomic E-state index is 12.2. The predicted molar refractivity (Wildman–Crippen MR) is 82.0 cm³/mol. The number of nitrogens with one attached hydrogen (secondary N) is 1. The third kappa shape index (κ3) is 3.84. The molecule has 0 aromatic carbocycles. The van der Waals surface area contributed by atoms with E-state index in [1.165, 1.54) is 5.56 Å². The highest BCUT2D eigenvalue weighted by Crippen LogP contribution is 2.24. The zero-order chi connectivity index (χ0) is 15.4. The number of amides is 1. The molecule has 5 heteroatoms. The fourth-order valence-electron chi connectivity index (χ4n) is 3.31. The van der Waals surface area contributed by atoms with Gasteiger partial charge in [-0.05, 0) is 38.7 Å². The molecule has 0 radical (unpaired) electrons. The summed E-state index contributed by atoms with van der Waals surface area (Å²) in [5, 5.41) is 16.9. The lowest BCUT2D eigenvalue weighted by Crippen LogP contribution is -2.43.